The van der Waals surface area contributed by atoms with Crippen LogP contribution in [0.15, 0.2) is 103 Å². The van der Waals surface area contributed by atoms with E-state index in [1.165, 1.54) is 18.4 Å². The fraction of sp³-hybridized carbons (Fsp3) is 0.278. The van der Waals surface area contributed by atoms with Crippen molar-refractivity contribution in [2.45, 2.75) is 58.0 Å². The van der Waals surface area contributed by atoms with Crippen molar-refractivity contribution < 1.29 is 14.3 Å². The number of amides is 2. The minimum Gasteiger partial charge on any atom is -0.497 e. The lowest BCUT2D eigenvalue weighted by molar-refractivity contribution is 0.0965. The van der Waals surface area contributed by atoms with Gasteiger partial charge in [-0.3, -0.25) is 9.59 Å². The average molecular weight is 547 g/mol. The van der Waals surface area contributed by atoms with E-state index in [2.05, 4.69) is 26.0 Å². The highest BCUT2D eigenvalue weighted by Crippen LogP contribution is 2.43. The first kappa shape index (κ1) is 28.2. The summed E-state index contributed by atoms with van der Waals surface area (Å²) in [5.74, 6) is 0.597. The molecule has 2 atom stereocenters. The molecular weight excluding hydrogens is 508 g/mol. The fourth-order valence-electron chi connectivity index (χ4n) is 5.77. The van der Waals surface area contributed by atoms with E-state index in [1.807, 2.05) is 76.5 Å². The van der Waals surface area contributed by atoms with E-state index in [0.717, 1.165) is 29.8 Å². The van der Waals surface area contributed by atoms with E-state index in [-0.39, 0.29) is 23.9 Å². The molecule has 1 aliphatic heterocycles. The third-order valence-corrected chi connectivity index (χ3v) is 7.95. The number of carbonyl (C=O) groups excluding carboxylic acids is 2. The van der Waals surface area contributed by atoms with Crippen molar-refractivity contribution in [1.82, 2.24) is 0 Å². The van der Waals surface area contributed by atoms with Crippen LogP contribution in [0.3, 0.4) is 0 Å². The van der Waals surface area contributed by atoms with Gasteiger partial charge in [0.25, 0.3) is 11.8 Å². The molecule has 210 valence electrons. The van der Waals surface area contributed by atoms with E-state index >= 15 is 0 Å². The Morgan fingerprint density at radius 2 is 1.49 bits per heavy atom. The Hall–Kier alpha value is -4.38. The number of aryl methyl sites for hydroxylation is 1. The summed E-state index contributed by atoms with van der Waals surface area (Å²) in [5.41, 5.74) is 5.14. The van der Waals surface area contributed by atoms with Crippen LogP contribution in [0.4, 0.5) is 11.4 Å². The van der Waals surface area contributed by atoms with Gasteiger partial charge in [0.2, 0.25) is 0 Å². The molecule has 0 fully saturated rings. The van der Waals surface area contributed by atoms with Crippen molar-refractivity contribution in [1.29, 1.82) is 0 Å². The normalized spacial score (nSPS) is 16.1. The van der Waals surface area contributed by atoms with Gasteiger partial charge in [-0.25, -0.2) is 0 Å². The third kappa shape index (κ3) is 6.04. The van der Waals surface area contributed by atoms with E-state index in [9.17, 15) is 9.59 Å². The highest BCUT2D eigenvalue weighted by atomic mass is 16.5. The largest absolute Gasteiger partial charge is 0.497 e. The van der Waals surface area contributed by atoms with Crippen molar-refractivity contribution >= 4 is 23.2 Å². The molecular formula is C36H38N2O3. The van der Waals surface area contributed by atoms with Gasteiger partial charge in [-0.2, -0.15) is 0 Å². The van der Waals surface area contributed by atoms with E-state index in [0.29, 0.717) is 23.3 Å². The van der Waals surface area contributed by atoms with Crippen LogP contribution >= 0.6 is 0 Å². The number of methoxy groups -OCH3 is 1. The number of hydrogen-bond acceptors (Lipinski definition) is 3. The zero-order valence-corrected chi connectivity index (χ0v) is 24.1. The summed E-state index contributed by atoms with van der Waals surface area (Å²) in [6.45, 7) is 4.27. The predicted molar refractivity (Wildman–Crippen MR) is 166 cm³/mol. The molecule has 0 unspecified atom stereocenters. The minimum absolute atomic E-state index is 0.0433. The number of unbranched alkanes of at least 4 members (excludes halogenated alkanes) is 2. The van der Waals surface area contributed by atoms with Crippen molar-refractivity contribution in [2.75, 3.05) is 16.9 Å². The Labute approximate surface area is 243 Å². The number of anilines is 2. The lowest BCUT2D eigenvalue weighted by Gasteiger charge is -2.43. The second-order valence-corrected chi connectivity index (χ2v) is 10.7. The summed E-state index contributed by atoms with van der Waals surface area (Å²) >= 11 is 0. The molecule has 1 heterocycles. The smallest absolute Gasteiger partial charge is 0.258 e. The van der Waals surface area contributed by atoms with Gasteiger partial charge < -0.3 is 14.5 Å². The molecule has 5 heteroatoms. The number of carbonyl (C=O) groups is 2. The van der Waals surface area contributed by atoms with Crippen LogP contribution in [0.5, 0.6) is 5.75 Å². The van der Waals surface area contributed by atoms with Crippen LogP contribution < -0.4 is 14.5 Å². The van der Waals surface area contributed by atoms with Gasteiger partial charge in [0.15, 0.2) is 0 Å². The molecule has 4 aromatic rings. The molecule has 2 amide bonds. The molecule has 1 aliphatic rings. The fourth-order valence-corrected chi connectivity index (χ4v) is 5.77. The Morgan fingerprint density at radius 3 is 2.17 bits per heavy atom. The zero-order valence-electron chi connectivity index (χ0n) is 24.1. The van der Waals surface area contributed by atoms with Gasteiger partial charge in [0.1, 0.15) is 5.75 Å². The van der Waals surface area contributed by atoms with Gasteiger partial charge in [-0.15, -0.1) is 0 Å². The van der Waals surface area contributed by atoms with Crippen LogP contribution in [0.2, 0.25) is 0 Å². The molecule has 5 rings (SSSR count). The Bertz CT molecular complexity index is 1470. The quantitative estimate of drug-likeness (QED) is 0.199. The van der Waals surface area contributed by atoms with Crippen LogP contribution in [-0.2, 0) is 6.42 Å². The molecule has 0 saturated heterocycles. The van der Waals surface area contributed by atoms with Crippen LogP contribution in [-0.4, -0.2) is 25.0 Å². The second kappa shape index (κ2) is 12.9. The summed E-state index contributed by atoms with van der Waals surface area (Å²) in [6, 6.07) is 32.7. The van der Waals surface area contributed by atoms with E-state index in [4.69, 9.17) is 4.74 Å². The van der Waals surface area contributed by atoms with Crippen LogP contribution in [0.25, 0.3) is 0 Å². The molecule has 0 bridgehead atoms. The lowest BCUT2D eigenvalue weighted by atomic mass is 9.89. The number of benzene rings is 4. The predicted octanol–water partition coefficient (Wildman–Crippen LogP) is 8.26. The van der Waals surface area contributed by atoms with E-state index in [1.54, 1.807) is 31.4 Å². The number of nitrogens with zero attached hydrogens (tertiary/aromatic N) is 2. The highest BCUT2D eigenvalue weighted by Gasteiger charge is 2.39. The molecule has 0 radical (unpaired) electrons. The second-order valence-electron chi connectivity index (χ2n) is 10.7. The molecule has 0 N–H and O–H groups in total. The number of ether oxygens (including phenoxy) is 1. The van der Waals surface area contributed by atoms with E-state index < -0.39 is 0 Å². The van der Waals surface area contributed by atoms with Crippen LogP contribution in [0.1, 0.15) is 77.4 Å². The summed E-state index contributed by atoms with van der Waals surface area (Å²) in [7, 11) is 1.61. The monoisotopic (exact) mass is 546 g/mol. The Morgan fingerprint density at radius 1 is 0.829 bits per heavy atom. The third-order valence-electron chi connectivity index (χ3n) is 7.95. The first-order valence-electron chi connectivity index (χ1n) is 14.6. The van der Waals surface area contributed by atoms with Gasteiger partial charge in [-0.1, -0.05) is 68.3 Å². The van der Waals surface area contributed by atoms with Crippen LogP contribution in [0, 0.1) is 0 Å². The Balaban J connectivity index is 1.51. The summed E-state index contributed by atoms with van der Waals surface area (Å²) in [4.78, 5) is 31.8. The van der Waals surface area contributed by atoms with Crippen molar-refractivity contribution in [3.05, 3.63) is 125 Å². The lowest BCUT2D eigenvalue weighted by Crippen LogP contribution is -2.47. The molecule has 4 aromatic carbocycles. The Kier molecular flexibility index (Phi) is 8.83. The minimum atomic E-state index is -0.236. The van der Waals surface area contributed by atoms with Crippen molar-refractivity contribution in [3.63, 3.8) is 0 Å². The standard InChI is InChI=1S/C36H38N2O3/c1-4-5-7-12-27-17-19-28(20-18-27)36(40)38(30-13-8-6-9-14-30)34-25-26(2)37(33-16-11-10-15-32(33)34)35(39)29-21-23-31(41-3)24-22-29/h6,8-11,13-24,26,34H,4-5,7,12,25H2,1-3H3/t26-,34-/m0/s1. The summed E-state index contributed by atoms with van der Waals surface area (Å²) in [5, 5.41) is 0. The first-order chi connectivity index (χ1) is 20.0. The highest BCUT2D eigenvalue weighted by molar-refractivity contribution is 6.09. The van der Waals surface area contributed by atoms with Gasteiger partial charge in [0, 0.05) is 28.5 Å². The van der Waals surface area contributed by atoms with Gasteiger partial charge >= 0.3 is 0 Å². The number of fused-ring (bicyclic) bond motifs is 1. The molecule has 0 saturated carbocycles. The average Bonchev–Trinajstić information content (AvgIpc) is 3.02. The molecule has 0 aliphatic carbocycles. The number of para-hydroxylation sites is 2. The topological polar surface area (TPSA) is 49.9 Å². The van der Waals surface area contributed by atoms with Gasteiger partial charge in [-0.05, 0) is 91.9 Å². The van der Waals surface area contributed by atoms with Gasteiger partial charge in [0.05, 0.1) is 13.2 Å². The SMILES string of the molecule is CCCCCc1ccc(C(=O)N(c2ccccc2)[C@H]2C[C@H](C)N(C(=O)c3ccc(OC)cc3)c3ccccc32)cc1. The van der Waals surface area contributed by atoms with Crippen molar-refractivity contribution in [2.24, 2.45) is 0 Å². The molecule has 0 aromatic heterocycles. The zero-order chi connectivity index (χ0) is 28.8. The first-order valence-corrected chi connectivity index (χ1v) is 14.6. The number of rotatable bonds is 9. The summed E-state index contributed by atoms with van der Waals surface area (Å²) in [6.07, 6.45) is 5.18. The number of hydrogen-bond donors (Lipinski definition) is 0. The maximum absolute atomic E-state index is 14.3. The maximum Gasteiger partial charge on any atom is 0.258 e. The molecule has 5 nitrogen and oxygen atoms in total. The maximum atomic E-state index is 14.3. The summed E-state index contributed by atoms with van der Waals surface area (Å²) < 4.78 is 5.28. The van der Waals surface area contributed by atoms with Crippen molar-refractivity contribution in [3.8, 4) is 5.75 Å². The molecule has 0 spiro atoms. The molecule has 41 heavy (non-hydrogen) atoms.